The van der Waals surface area contributed by atoms with Crippen molar-refractivity contribution in [2.75, 3.05) is 0 Å². The summed E-state index contributed by atoms with van der Waals surface area (Å²) in [6, 6.07) is 13.2. The molecular weight excluding hydrogens is 587 g/mol. The maximum absolute atomic E-state index is 14.2. The van der Waals surface area contributed by atoms with Gasteiger partial charge in [-0.2, -0.15) is 26.3 Å². The van der Waals surface area contributed by atoms with Crippen molar-refractivity contribution in [3.63, 3.8) is 0 Å². The molecule has 8 heteroatoms. The molecule has 160 valence electrons. The molecule has 0 aliphatic heterocycles. The van der Waals surface area contributed by atoms with Gasteiger partial charge >= 0.3 is 12.4 Å². The molecule has 0 saturated heterocycles. The van der Waals surface area contributed by atoms with Crippen molar-refractivity contribution in [2.24, 2.45) is 0 Å². The van der Waals surface area contributed by atoms with E-state index in [4.69, 9.17) is 0 Å². The van der Waals surface area contributed by atoms with Gasteiger partial charge in [-0.3, -0.25) is 0 Å². The Bertz CT molecular complexity index is 1070. The number of alkyl halides is 6. The molecule has 0 fully saturated rings. The molecule has 0 spiro atoms. The van der Waals surface area contributed by atoms with Gasteiger partial charge in [0.1, 0.15) is 0 Å². The van der Waals surface area contributed by atoms with Gasteiger partial charge in [-0.1, -0.05) is 59.5 Å². The van der Waals surface area contributed by atoms with Crippen LogP contribution < -0.4 is 0 Å². The van der Waals surface area contributed by atoms with Gasteiger partial charge in [0.2, 0.25) is 0 Å². The van der Waals surface area contributed by atoms with Crippen molar-refractivity contribution in [1.82, 2.24) is 4.98 Å². The summed E-state index contributed by atoms with van der Waals surface area (Å²) in [6.07, 6.45) is -9.19. The summed E-state index contributed by atoms with van der Waals surface area (Å²) < 4.78 is 85.2. The van der Waals surface area contributed by atoms with Crippen LogP contribution in [0, 0.1) is 6.07 Å². The van der Waals surface area contributed by atoms with Crippen LogP contribution in [-0.2, 0) is 32.9 Å². The number of halogens is 6. The summed E-state index contributed by atoms with van der Waals surface area (Å²) in [7, 11) is 0. The number of aryl methyl sites for hydroxylation is 1. The molecule has 3 aromatic rings. The van der Waals surface area contributed by atoms with Gasteiger partial charge in [0, 0.05) is 27.3 Å². The molecular formula is C22H14F6NPt-. The molecule has 0 radical (unpaired) electrons. The van der Waals surface area contributed by atoms with E-state index in [0.29, 0.717) is 17.7 Å². The van der Waals surface area contributed by atoms with Gasteiger partial charge in [-0.15, -0.1) is 23.8 Å². The van der Waals surface area contributed by atoms with Crippen LogP contribution in [0.15, 0.2) is 54.7 Å². The second-order valence-corrected chi connectivity index (χ2v) is 6.83. The van der Waals surface area contributed by atoms with Crippen LogP contribution in [0.2, 0.25) is 0 Å². The number of pyridine rings is 1. The largest absolute Gasteiger partial charge is 0.409 e. The van der Waals surface area contributed by atoms with Gasteiger partial charge in [-0.05, 0) is 23.7 Å². The SMILES string of the molecule is CCc1cccnc1-c1[c-]cc2c(c1)C(C(F)(F)F)(C(F)(F)F)c1ccccc1-2.[Pt]. The Balaban J connectivity index is 0.00000256. The average molecular weight is 601 g/mol. The molecule has 0 unspecified atom stereocenters. The van der Waals surface area contributed by atoms with Crippen molar-refractivity contribution in [2.45, 2.75) is 31.1 Å². The molecule has 1 aromatic heterocycles. The van der Waals surface area contributed by atoms with Crippen molar-refractivity contribution in [3.8, 4) is 22.4 Å². The second-order valence-electron chi connectivity index (χ2n) is 6.83. The molecule has 0 atom stereocenters. The van der Waals surface area contributed by atoms with E-state index in [9.17, 15) is 26.3 Å². The number of nitrogens with zero attached hydrogens (tertiary/aromatic N) is 1. The molecule has 0 N–H and O–H groups in total. The van der Waals surface area contributed by atoms with Gasteiger partial charge in [0.25, 0.3) is 0 Å². The Morgan fingerprint density at radius 3 is 2.20 bits per heavy atom. The Labute approximate surface area is 183 Å². The summed E-state index contributed by atoms with van der Waals surface area (Å²) in [5, 5.41) is 0. The Hall–Kier alpha value is -2.14. The zero-order valence-corrected chi connectivity index (χ0v) is 17.7. The second kappa shape index (κ2) is 7.52. The van der Waals surface area contributed by atoms with Crippen LogP contribution in [0.3, 0.4) is 0 Å². The molecule has 1 aliphatic carbocycles. The quantitative estimate of drug-likeness (QED) is 0.242. The molecule has 2 aromatic carbocycles. The number of hydrogen-bond acceptors (Lipinski definition) is 1. The zero-order chi connectivity index (χ0) is 21.0. The Morgan fingerprint density at radius 2 is 1.57 bits per heavy atom. The van der Waals surface area contributed by atoms with Gasteiger partial charge < -0.3 is 4.98 Å². The minimum Gasteiger partial charge on any atom is -0.304 e. The third kappa shape index (κ3) is 3.01. The minimum absolute atomic E-state index is 0. The first-order valence-corrected chi connectivity index (χ1v) is 8.86. The summed E-state index contributed by atoms with van der Waals surface area (Å²) in [4.78, 5) is 4.17. The predicted molar refractivity (Wildman–Crippen MR) is 96.2 cm³/mol. The predicted octanol–water partition coefficient (Wildman–Crippen LogP) is 6.50. The summed E-state index contributed by atoms with van der Waals surface area (Å²) in [6.45, 7) is 1.83. The minimum atomic E-state index is -5.58. The number of fused-ring (bicyclic) bond motifs is 3. The van der Waals surface area contributed by atoms with Crippen LogP contribution in [-0.4, -0.2) is 17.3 Å². The van der Waals surface area contributed by atoms with E-state index in [1.165, 1.54) is 30.5 Å². The third-order valence-corrected chi connectivity index (χ3v) is 5.35. The molecule has 0 amide bonds. The molecule has 0 bridgehead atoms. The fraction of sp³-hybridized carbons (Fsp3) is 0.227. The molecule has 0 saturated carbocycles. The van der Waals surface area contributed by atoms with E-state index < -0.39 is 28.9 Å². The van der Waals surface area contributed by atoms with E-state index in [1.54, 1.807) is 12.1 Å². The number of hydrogen-bond donors (Lipinski definition) is 0. The maximum Gasteiger partial charge on any atom is 0.409 e. The normalized spacial score (nSPS) is 14.6. The summed E-state index contributed by atoms with van der Waals surface area (Å²) in [5.74, 6) is 0. The third-order valence-electron chi connectivity index (χ3n) is 5.35. The number of rotatable bonds is 2. The van der Waals surface area contributed by atoms with Crippen LogP contribution >= 0.6 is 0 Å². The van der Waals surface area contributed by atoms with E-state index in [0.717, 1.165) is 12.1 Å². The van der Waals surface area contributed by atoms with Gasteiger partial charge in [0.05, 0.1) is 0 Å². The van der Waals surface area contributed by atoms with E-state index in [1.807, 2.05) is 6.92 Å². The topological polar surface area (TPSA) is 12.9 Å². The molecule has 30 heavy (non-hydrogen) atoms. The summed E-state index contributed by atoms with van der Waals surface area (Å²) in [5.41, 5.74) is -4.80. The molecule has 1 aliphatic rings. The molecule has 1 nitrogen and oxygen atoms in total. The first-order chi connectivity index (χ1) is 13.6. The first-order valence-electron chi connectivity index (χ1n) is 8.86. The van der Waals surface area contributed by atoms with Crippen molar-refractivity contribution in [1.29, 1.82) is 0 Å². The monoisotopic (exact) mass is 601 g/mol. The average Bonchev–Trinajstić information content (AvgIpc) is 2.98. The Kier molecular flexibility index (Phi) is 5.65. The van der Waals surface area contributed by atoms with Crippen molar-refractivity contribution < 1.29 is 47.4 Å². The van der Waals surface area contributed by atoms with Crippen LogP contribution in [0.25, 0.3) is 22.4 Å². The van der Waals surface area contributed by atoms with E-state index in [-0.39, 0.29) is 37.8 Å². The standard InChI is InChI=1S/C22H14F6N.Pt/c1-2-13-6-5-11-29-19(13)14-9-10-16-15-7-3-4-8-17(15)20(18(16)12-14,21(23,24)25)22(26,27)28;/h3-8,10-12H,2H2,1H3;/q-1;. The first kappa shape index (κ1) is 22.5. The maximum atomic E-state index is 14.2. The van der Waals surface area contributed by atoms with E-state index >= 15 is 0 Å². The zero-order valence-electron chi connectivity index (χ0n) is 15.4. The van der Waals surface area contributed by atoms with Crippen molar-refractivity contribution in [3.05, 3.63) is 77.5 Å². The van der Waals surface area contributed by atoms with Crippen LogP contribution in [0.5, 0.6) is 0 Å². The number of aromatic nitrogens is 1. The summed E-state index contributed by atoms with van der Waals surface area (Å²) >= 11 is 0. The molecule has 1 heterocycles. The number of benzene rings is 2. The fourth-order valence-corrected chi connectivity index (χ4v) is 4.09. The van der Waals surface area contributed by atoms with Crippen molar-refractivity contribution >= 4 is 0 Å². The van der Waals surface area contributed by atoms with Crippen LogP contribution in [0.1, 0.15) is 23.6 Å². The van der Waals surface area contributed by atoms with E-state index in [2.05, 4.69) is 11.1 Å². The van der Waals surface area contributed by atoms with Gasteiger partial charge in [0.15, 0.2) is 5.41 Å². The molecule has 4 rings (SSSR count). The fourth-order valence-electron chi connectivity index (χ4n) is 4.09. The Morgan fingerprint density at radius 1 is 0.900 bits per heavy atom. The van der Waals surface area contributed by atoms with Gasteiger partial charge in [-0.25, -0.2) is 0 Å². The van der Waals surface area contributed by atoms with Crippen LogP contribution in [0.4, 0.5) is 26.3 Å². The smallest absolute Gasteiger partial charge is 0.304 e.